The van der Waals surface area contributed by atoms with Crippen LogP contribution in [0.5, 0.6) is 5.75 Å². The van der Waals surface area contributed by atoms with Crippen LogP contribution in [0.3, 0.4) is 0 Å². The fourth-order valence-corrected chi connectivity index (χ4v) is 2.18. The summed E-state index contributed by atoms with van der Waals surface area (Å²) in [5.74, 6) is 0.728. The van der Waals surface area contributed by atoms with Gasteiger partial charge in [0.15, 0.2) is 0 Å². The number of hydrogen-bond donors (Lipinski definition) is 1. The van der Waals surface area contributed by atoms with Gasteiger partial charge < -0.3 is 15.2 Å². The van der Waals surface area contributed by atoms with Crippen molar-refractivity contribution in [1.29, 1.82) is 0 Å². The molecule has 18 heavy (non-hydrogen) atoms. The summed E-state index contributed by atoms with van der Waals surface area (Å²) in [4.78, 5) is 6.49. The van der Waals surface area contributed by atoms with Crippen LogP contribution in [0.2, 0.25) is 0 Å². The highest BCUT2D eigenvalue weighted by molar-refractivity contribution is 5.26. The lowest BCUT2D eigenvalue weighted by Gasteiger charge is -2.35. The molecule has 2 atom stereocenters. The molecule has 1 aromatic heterocycles. The minimum atomic E-state index is -0.165. The molecular formula is C13H21N3O2. The van der Waals surface area contributed by atoms with Gasteiger partial charge in [0.05, 0.1) is 32.1 Å². The Labute approximate surface area is 108 Å². The quantitative estimate of drug-likeness (QED) is 0.858. The maximum Gasteiger partial charge on any atom is 0.137 e. The summed E-state index contributed by atoms with van der Waals surface area (Å²) < 4.78 is 10.9. The number of nitrogens with two attached hydrogens (primary N) is 1. The minimum absolute atomic E-state index is 0.0209. The summed E-state index contributed by atoms with van der Waals surface area (Å²) in [6, 6.07) is 1.76. The van der Waals surface area contributed by atoms with E-state index in [0.717, 1.165) is 37.6 Å². The molecule has 0 spiro atoms. The van der Waals surface area contributed by atoms with Gasteiger partial charge in [0.25, 0.3) is 0 Å². The van der Waals surface area contributed by atoms with Crippen molar-refractivity contribution in [2.75, 3.05) is 33.4 Å². The molecular weight excluding hydrogens is 230 g/mol. The van der Waals surface area contributed by atoms with E-state index in [4.69, 9.17) is 15.2 Å². The first kappa shape index (κ1) is 13.3. The average molecular weight is 251 g/mol. The number of nitrogens with zero attached hydrogens (tertiary/aromatic N) is 2. The zero-order chi connectivity index (χ0) is 13.0. The Kier molecular flexibility index (Phi) is 4.52. The fraction of sp³-hybridized carbons (Fsp3) is 0.615. The summed E-state index contributed by atoms with van der Waals surface area (Å²) >= 11 is 0. The second-order valence-corrected chi connectivity index (χ2v) is 4.49. The largest absolute Gasteiger partial charge is 0.495 e. The monoisotopic (exact) mass is 251 g/mol. The van der Waals surface area contributed by atoms with Crippen LogP contribution in [0.1, 0.15) is 18.5 Å². The number of morpholine rings is 1. The molecule has 2 heterocycles. The standard InChI is InChI=1S/C13H21N3O2/c1-3-16-4-5-18-12(9-16)13(14)10-6-11(17-2)8-15-7-10/h6-8,12-13H,3-5,9,14H2,1-2H3. The second kappa shape index (κ2) is 6.13. The Morgan fingerprint density at radius 1 is 1.61 bits per heavy atom. The van der Waals surface area contributed by atoms with Crippen molar-refractivity contribution in [3.05, 3.63) is 24.0 Å². The molecule has 2 rings (SSSR count). The van der Waals surface area contributed by atoms with Crippen LogP contribution in [0.15, 0.2) is 18.5 Å². The third-order valence-electron chi connectivity index (χ3n) is 3.38. The number of hydrogen-bond acceptors (Lipinski definition) is 5. The van der Waals surface area contributed by atoms with E-state index in [9.17, 15) is 0 Å². The molecule has 1 aliphatic rings. The fourth-order valence-electron chi connectivity index (χ4n) is 2.18. The van der Waals surface area contributed by atoms with Crippen molar-refractivity contribution >= 4 is 0 Å². The van der Waals surface area contributed by atoms with Crippen molar-refractivity contribution in [3.63, 3.8) is 0 Å². The molecule has 1 saturated heterocycles. The highest BCUT2D eigenvalue weighted by Gasteiger charge is 2.26. The number of likely N-dealkylation sites (N-methyl/N-ethyl adjacent to an activating group) is 1. The van der Waals surface area contributed by atoms with E-state index in [2.05, 4.69) is 16.8 Å². The predicted octanol–water partition coefficient (Wildman–Crippen LogP) is 0.811. The predicted molar refractivity (Wildman–Crippen MR) is 69.6 cm³/mol. The highest BCUT2D eigenvalue weighted by atomic mass is 16.5. The van der Waals surface area contributed by atoms with Crippen molar-refractivity contribution in [2.45, 2.75) is 19.1 Å². The SMILES string of the molecule is CCN1CCOC(C(N)c2cncc(OC)c2)C1. The number of pyridine rings is 1. The molecule has 5 heteroatoms. The summed E-state index contributed by atoms with van der Waals surface area (Å²) in [6.07, 6.45) is 3.48. The van der Waals surface area contributed by atoms with Gasteiger partial charge in [-0.1, -0.05) is 6.92 Å². The number of ether oxygens (including phenoxy) is 2. The zero-order valence-corrected chi connectivity index (χ0v) is 11.0. The molecule has 2 N–H and O–H groups in total. The summed E-state index contributed by atoms with van der Waals surface area (Å²) in [6.45, 7) is 5.78. The second-order valence-electron chi connectivity index (χ2n) is 4.49. The topological polar surface area (TPSA) is 60.6 Å². The lowest BCUT2D eigenvalue weighted by atomic mass is 10.0. The van der Waals surface area contributed by atoms with Crippen LogP contribution < -0.4 is 10.5 Å². The normalized spacial score (nSPS) is 22.7. The Morgan fingerprint density at radius 2 is 2.44 bits per heavy atom. The first-order valence-electron chi connectivity index (χ1n) is 6.33. The van der Waals surface area contributed by atoms with E-state index >= 15 is 0 Å². The van der Waals surface area contributed by atoms with E-state index in [0.29, 0.717) is 0 Å². The van der Waals surface area contributed by atoms with Gasteiger partial charge in [-0.2, -0.15) is 0 Å². The zero-order valence-electron chi connectivity index (χ0n) is 11.0. The number of methoxy groups -OCH3 is 1. The number of rotatable bonds is 4. The molecule has 5 nitrogen and oxygen atoms in total. The molecule has 1 fully saturated rings. The summed E-state index contributed by atoms with van der Waals surface area (Å²) in [5, 5.41) is 0. The van der Waals surface area contributed by atoms with E-state index in [1.54, 1.807) is 19.5 Å². The van der Waals surface area contributed by atoms with Gasteiger partial charge in [0.1, 0.15) is 5.75 Å². The van der Waals surface area contributed by atoms with E-state index in [1.165, 1.54) is 0 Å². The van der Waals surface area contributed by atoms with Crippen LogP contribution in [0.4, 0.5) is 0 Å². The molecule has 100 valence electrons. The smallest absolute Gasteiger partial charge is 0.137 e. The molecule has 1 aliphatic heterocycles. The Hall–Kier alpha value is -1.17. The highest BCUT2D eigenvalue weighted by Crippen LogP contribution is 2.22. The van der Waals surface area contributed by atoms with Crippen molar-refractivity contribution in [3.8, 4) is 5.75 Å². The van der Waals surface area contributed by atoms with E-state index < -0.39 is 0 Å². The van der Waals surface area contributed by atoms with Gasteiger partial charge in [-0.3, -0.25) is 9.88 Å². The summed E-state index contributed by atoms with van der Waals surface area (Å²) in [7, 11) is 1.63. The molecule has 0 aliphatic carbocycles. The lowest BCUT2D eigenvalue weighted by molar-refractivity contribution is -0.0393. The van der Waals surface area contributed by atoms with Gasteiger partial charge >= 0.3 is 0 Å². The van der Waals surface area contributed by atoms with Crippen LogP contribution >= 0.6 is 0 Å². The third-order valence-corrected chi connectivity index (χ3v) is 3.38. The summed E-state index contributed by atoms with van der Waals surface area (Å²) in [5.41, 5.74) is 7.22. The van der Waals surface area contributed by atoms with E-state index in [-0.39, 0.29) is 12.1 Å². The molecule has 2 unspecified atom stereocenters. The van der Waals surface area contributed by atoms with Gasteiger partial charge in [-0.25, -0.2) is 0 Å². The van der Waals surface area contributed by atoms with E-state index in [1.807, 2.05) is 6.07 Å². The Bertz CT molecular complexity index is 386. The van der Waals surface area contributed by atoms with Crippen molar-refractivity contribution in [1.82, 2.24) is 9.88 Å². The van der Waals surface area contributed by atoms with Crippen LogP contribution in [0.25, 0.3) is 0 Å². The maximum atomic E-state index is 6.26. The van der Waals surface area contributed by atoms with Gasteiger partial charge in [-0.15, -0.1) is 0 Å². The molecule has 0 amide bonds. The Balaban J connectivity index is 2.07. The lowest BCUT2D eigenvalue weighted by Crippen LogP contribution is -2.46. The average Bonchev–Trinajstić information content (AvgIpc) is 2.46. The molecule has 0 radical (unpaired) electrons. The van der Waals surface area contributed by atoms with Crippen molar-refractivity contribution < 1.29 is 9.47 Å². The molecule has 1 aromatic rings. The van der Waals surface area contributed by atoms with Gasteiger partial charge in [-0.05, 0) is 18.2 Å². The first-order valence-corrected chi connectivity index (χ1v) is 6.33. The molecule has 0 bridgehead atoms. The van der Waals surface area contributed by atoms with Crippen molar-refractivity contribution in [2.24, 2.45) is 5.73 Å². The van der Waals surface area contributed by atoms with Gasteiger partial charge in [0.2, 0.25) is 0 Å². The third kappa shape index (κ3) is 2.98. The van der Waals surface area contributed by atoms with Crippen LogP contribution in [-0.2, 0) is 4.74 Å². The number of aromatic nitrogens is 1. The van der Waals surface area contributed by atoms with Crippen LogP contribution in [0, 0.1) is 0 Å². The maximum absolute atomic E-state index is 6.26. The molecule has 0 saturated carbocycles. The molecule has 0 aromatic carbocycles. The Morgan fingerprint density at radius 3 is 3.17 bits per heavy atom. The van der Waals surface area contributed by atoms with Gasteiger partial charge in [0, 0.05) is 19.3 Å². The van der Waals surface area contributed by atoms with Crippen LogP contribution in [-0.4, -0.2) is 49.3 Å². The minimum Gasteiger partial charge on any atom is -0.495 e. The first-order chi connectivity index (χ1) is 8.74.